The molecule has 102 valence electrons. The maximum atomic E-state index is 13.8. The van der Waals surface area contributed by atoms with Gasteiger partial charge in [0.2, 0.25) is 0 Å². The van der Waals surface area contributed by atoms with Crippen LogP contribution in [0.25, 0.3) is 0 Å². The number of halogens is 2. The summed E-state index contributed by atoms with van der Waals surface area (Å²) in [5, 5.41) is 2.09. The maximum Gasteiger partial charge on any atom is 0.128 e. The molecule has 1 nitrogen and oxygen atoms in total. The Balaban J connectivity index is 1.98. The zero-order chi connectivity index (χ0) is 13.8. The van der Waals surface area contributed by atoms with Crippen LogP contribution in [-0.2, 0) is 13.0 Å². The lowest BCUT2D eigenvalue weighted by molar-refractivity contribution is 0.245. The number of thiophene rings is 1. The quantitative estimate of drug-likeness (QED) is 0.760. The number of likely N-dealkylation sites (N-methyl/N-ethyl adjacent to an activating group) is 1. The highest BCUT2D eigenvalue weighted by Crippen LogP contribution is 2.19. The van der Waals surface area contributed by atoms with Gasteiger partial charge in [-0.2, -0.15) is 0 Å². The molecule has 1 unspecified atom stereocenters. The Morgan fingerprint density at radius 2 is 2.16 bits per heavy atom. The van der Waals surface area contributed by atoms with Crippen LogP contribution in [0.3, 0.4) is 0 Å². The minimum atomic E-state index is -0.149. The fourth-order valence-corrected chi connectivity index (χ4v) is 3.11. The molecule has 1 aromatic heterocycles. The van der Waals surface area contributed by atoms with E-state index in [0.717, 1.165) is 16.5 Å². The van der Waals surface area contributed by atoms with Gasteiger partial charge in [0.25, 0.3) is 0 Å². The zero-order valence-corrected chi connectivity index (χ0v) is 13.5. The predicted molar refractivity (Wildman–Crippen MR) is 83.1 cm³/mol. The van der Waals surface area contributed by atoms with Crippen LogP contribution in [0.4, 0.5) is 4.39 Å². The first-order valence-corrected chi connectivity index (χ1v) is 7.90. The number of hydrogen-bond acceptors (Lipinski definition) is 2. The monoisotopic (exact) mass is 341 g/mol. The molecule has 2 rings (SSSR count). The van der Waals surface area contributed by atoms with Crippen LogP contribution < -0.4 is 0 Å². The summed E-state index contributed by atoms with van der Waals surface area (Å²) >= 11 is 5.05. The second kappa shape index (κ2) is 6.64. The molecule has 19 heavy (non-hydrogen) atoms. The lowest BCUT2D eigenvalue weighted by atomic mass is 10.1. The summed E-state index contributed by atoms with van der Waals surface area (Å²) in [4.78, 5) is 3.56. The molecular formula is C15H17BrFNS. The van der Waals surface area contributed by atoms with Gasteiger partial charge in [-0.25, -0.2) is 4.39 Å². The van der Waals surface area contributed by atoms with Gasteiger partial charge >= 0.3 is 0 Å². The molecule has 0 aliphatic heterocycles. The van der Waals surface area contributed by atoms with Crippen molar-refractivity contribution in [2.75, 3.05) is 7.05 Å². The van der Waals surface area contributed by atoms with Crippen LogP contribution in [0.15, 0.2) is 40.2 Å². The molecule has 0 bridgehead atoms. The fraction of sp³-hybridized carbons (Fsp3) is 0.333. The summed E-state index contributed by atoms with van der Waals surface area (Å²) in [6, 6.07) is 9.86. The van der Waals surface area contributed by atoms with Crippen molar-refractivity contribution in [2.45, 2.75) is 25.9 Å². The molecule has 0 fully saturated rings. The summed E-state index contributed by atoms with van der Waals surface area (Å²) in [6.45, 7) is 2.81. The van der Waals surface area contributed by atoms with E-state index in [9.17, 15) is 4.39 Å². The maximum absolute atomic E-state index is 13.8. The van der Waals surface area contributed by atoms with E-state index >= 15 is 0 Å². The topological polar surface area (TPSA) is 3.24 Å². The molecule has 1 atom stereocenters. The molecule has 2 aromatic rings. The van der Waals surface area contributed by atoms with Gasteiger partial charge in [0.05, 0.1) is 0 Å². The molecule has 0 saturated carbocycles. The molecule has 4 heteroatoms. The van der Waals surface area contributed by atoms with Crippen molar-refractivity contribution in [2.24, 2.45) is 0 Å². The van der Waals surface area contributed by atoms with Crippen molar-refractivity contribution in [3.05, 3.63) is 56.4 Å². The summed E-state index contributed by atoms with van der Waals surface area (Å²) in [5.41, 5.74) is 0.740. The van der Waals surface area contributed by atoms with E-state index in [1.165, 1.54) is 10.9 Å². The standard InChI is InChI=1S/C15H17BrFNS/c1-11(8-14-4-3-7-19-14)18(2)10-12-5-6-13(16)9-15(12)17/h3-7,9,11H,8,10H2,1-2H3. The molecule has 0 aliphatic rings. The minimum Gasteiger partial charge on any atom is -0.299 e. The van der Waals surface area contributed by atoms with Gasteiger partial charge in [0.1, 0.15) is 5.82 Å². The fourth-order valence-electron chi connectivity index (χ4n) is 1.95. The van der Waals surface area contributed by atoms with Crippen LogP contribution in [0.2, 0.25) is 0 Å². The van der Waals surface area contributed by atoms with Crippen molar-refractivity contribution >= 4 is 27.3 Å². The summed E-state index contributed by atoms with van der Waals surface area (Å²) < 4.78 is 14.6. The molecule has 0 aliphatic carbocycles. The Kier molecular flexibility index (Phi) is 5.13. The number of hydrogen-bond donors (Lipinski definition) is 0. The molecule has 0 amide bonds. The average molecular weight is 342 g/mol. The third-order valence-electron chi connectivity index (χ3n) is 3.26. The SMILES string of the molecule is CC(Cc1cccs1)N(C)Cc1ccc(Br)cc1F. The number of nitrogens with zero attached hydrogens (tertiary/aromatic N) is 1. The van der Waals surface area contributed by atoms with Gasteiger partial charge in [-0.15, -0.1) is 11.3 Å². The van der Waals surface area contributed by atoms with Crippen molar-refractivity contribution in [1.82, 2.24) is 4.90 Å². The van der Waals surface area contributed by atoms with Crippen molar-refractivity contribution in [3.63, 3.8) is 0 Å². The van der Waals surface area contributed by atoms with E-state index in [1.54, 1.807) is 11.3 Å². The highest BCUT2D eigenvalue weighted by molar-refractivity contribution is 9.10. The zero-order valence-electron chi connectivity index (χ0n) is 11.1. The molecule has 1 aromatic carbocycles. The highest BCUT2D eigenvalue weighted by Gasteiger charge is 2.13. The molecular weight excluding hydrogens is 325 g/mol. The van der Waals surface area contributed by atoms with Crippen LogP contribution in [0, 0.1) is 5.82 Å². The Hall–Kier alpha value is -0.710. The molecule has 0 saturated heterocycles. The lowest BCUT2D eigenvalue weighted by Gasteiger charge is -2.24. The van der Waals surface area contributed by atoms with Gasteiger partial charge in [-0.3, -0.25) is 4.90 Å². The van der Waals surface area contributed by atoms with E-state index in [1.807, 2.05) is 19.2 Å². The van der Waals surface area contributed by atoms with Gasteiger partial charge in [-0.1, -0.05) is 28.1 Å². The Morgan fingerprint density at radius 3 is 2.79 bits per heavy atom. The van der Waals surface area contributed by atoms with Gasteiger partial charge < -0.3 is 0 Å². The summed E-state index contributed by atoms with van der Waals surface area (Å²) in [5.74, 6) is -0.149. The second-order valence-corrected chi connectivity index (χ2v) is 6.73. The first kappa shape index (κ1) is 14.7. The molecule has 1 heterocycles. The van der Waals surface area contributed by atoms with Crippen LogP contribution in [0.5, 0.6) is 0 Å². The predicted octanol–water partition coefficient (Wildman–Crippen LogP) is 4.71. The first-order valence-electron chi connectivity index (χ1n) is 6.23. The van der Waals surface area contributed by atoms with Crippen LogP contribution in [-0.4, -0.2) is 18.0 Å². The average Bonchev–Trinajstić information content (AvgIpc) is 2.85. The largest absolute Gasteiger partial charge is 0.299 e. The van der Waals surface area contributed by atoms with Crippen molar-refractivity contribution in [1.29, 1.82) is 0 Å². The van der Waals surface area contributed by atoms with Crippen LogP contribution in [0.1, 0.15) is 17.4 Å². The Morgan fingerprint density at radius 1 is 1.37 bits per heavy atom. The Bertz CT molecular complexity index is 527. The molecule has 0 spiro atoms. The van der Waals surface area contributed by atoms with Crippen molar-refractivity contribution < 1.29 is 4.39 Å². The highest BCUT2D eigenvalue weighted by atomic mass is 79.9. The molecule has 0 radical (unpaired) electrons. The smallest absolute Gasteiger partial charge is 0.128 e. The van der Waals surface area contributed by atoms with Gasteiger partial charge in [0.15, 0.2) is 0 Å². The number of benzene rings is 1. The van der Waals surface area contributed by atoms with E-state index in [4.69, 9.17) is 0 Å². The van der Waals surface area contributed by atoms with E-state index in [0.29, 0.717) is 12.6 Å². The Labute approximate surface area is 126 Å². The van der Waals surface area contributed by atoms with E-state index in [-0.39, 0.29) is 5.82 Å². The van der Waals surface area contributed by atoms with E-state index in [2.05, 4.69) is 45.3 Å². The van der Waals surface area contributed by atoms with Gasteiger partial charge in [0, 0.05) is 27.5 Å². The molecule has 0 N–H and O–H groups in total. The van der Waals surface area contributed by atoms with Gasteiger partial charge in [-0.05, 0) is 44.0 Å². The summed E-state index contributed by atoms with van der Waals surface area (Å²) in [6.07, 6.45) is 1.01. The summed E-state index contributed by atoms with van der Waals surface area (Å²) in [7, 11) is 2.04. The second-order valence-electron chi connectivity index (χ2n) is 4.78. The third-order valence-corrected chi connectivity index (χ3v) is 4.66. The first-order chi connectivity index (χ1) is 9.06. The van der Waals surface area contributed by atoms with Crippen molar-refractivity contribution in [3.8, 4) is 0 Å². The van der Waals surface area contributed by atoms with E-state index < -0.39 is 0 Å². The normalized spacial score (nSPS) is 12.9. The number of rotatable bonds is 5. The van der Waals surface area contributed by atoms with Crippen LogP contribution >= 0.6 is 27.3 Å². The minimum absolute atomic E-state index is 0.149. The third kappa shape index (κ3) is 4.13. The lowest BCUT2D eigenvalue weighted by Crippen LogP contribution is -2.30.